The van der Waals surface area contributed by atoms with Crippen LogP contribution in [-0.4, -0.2) is 39.4 Å². The number of benzene rings is 2. The number of hydrogen-bond donors (Lipinski definition) is 1. The molecule has 1 atom stereocenters. The molecule has 1 aliphatic rings. The molecule has 0 saturated carbocycles. The van der Waals surface area contributed by atoms with Crippen LogP contribution >= 0.6 is 11.8 Å². The molecule has 9 heteroatoms. The van der Waals surface area contributed by atoms with Crippen LogP contribution in [0.4, 0.5) is 17.6 Å². The number of alkyl halides is 3. The van der Waals surface area contributed by atoms with Crippen LogP contribution in [0, 0.1) is 5.82 Å². The molecule has 28 heavy (non-hydrogen) atoms. The minimum atomic E-state index is -5.10. The van der Waals surface area contributed by atoms with Gasteiger partial charge < -0.3 is 5.11 Å². The number of amides is 1. The molecule has 1 N–H and O–H groups in total. The molecule has 0 fully saturated rings. The monoisotopic (exact) mass is 412 g/mol. The molecule has 0 spiro atoms. The lowest BCUT2D eigenvalue weighted by atomic mass is 10.0. The molecule has 4 nitrogen and oxygen atoms in total. The number of nitrogens with zero attached hydrogens (tertiary/aromatic N) is 2. The van der Waals surface area contributed by atoms with Gasteiger partial charge in [0.05, 0.1) is 17.9 Å². The summed E-state index contributed by atoms with van der Waals surface area (Å²) in [5.41, 5.74) is -2.44. The molecule has 0 aliphatic carbocycles. The zero-order chi connectivity index (χ0) is 20.4. The minimum Gasteiger partial charge on any atom is -0.362 e. The lowest BCUT2D eigenvalue weighted by molar-refractivity contribution is -0.301. The van der Waals surface area contributed by atoms with E-state index >= 15 is 0 Å². The Labute approximate surface area is 162 Å². The van der Waals surface area contributed by atoms with Crippen molar-refractivity contribution in [1.29, 1.82) is 0 Å². The molecule has 1 aliphatic heterocycles. The van der Waals surface area contributed by atoms with E-state index in [1.165, 1.54) is 12.1 Å². The van der Waals surface area contributed by atoms with Crippen molar-refractivity contribution in [3.63, 3.8) is 0 Å². The van der Waals surface area contributed by atoms with Crippen LogP contribution < -0.4 is 0 Å². The first kappa shape index (κ1) is 20.3. The van der Waals surface area contributed by atoms with Crippen molar-refractivity contribution in [3.8, 4) is 0 Å². The zero-order valence-electron chi connectivity index (χ0n) is 14.5. The summed E-state index contributed by atoms with van der Waals surface area (Å²) >= 11 is 1.12. The Morgan fingerprint density at radius 3 is 2.39 bits per heavy atom. The summed E-state index contributed by atoms with van der Waals surface area (Å²) in [5.74, 6) is -1.37. The van der Waals surface area contributed by atoms with Crippen molar-refractivity contribution < 1.29 is 27.5 Å². The molecular weight excluding hydrogens is 396 g/mol. The van der Waals surface area contributed by atoms with Crippen LogP contribution in [0.1, 0.15) is 17.5 Å². The highest BCUT2D eigenvalue weighted by Gasteiger charge is 2.63. The molecule has 0 unspecified atom stereocenters. The van der Waals surface area contributed by atoms with Gasteiger partial charge in [-0.3, -0.25) is 4.79 Å². The summed E-state index contributed by atoms with van der Waals surface area (Å²) in [7, 11) is 0. The summed E-state index contributed by atoms with van der Waals surface area (Å²) in [5, 5.41) is 14.1. The van der Waals surface area contributed by atoms with Crippen molar-refractivity contribution in [1.82, 2.24) is 5.01 Å². The Morgan fingerprint density at radius 1 is 1.14 bits per heavy atom. The molecule has 0 bridgehead atoms. The lowest BCUT2D eigenvalue weighted by Crippen LogP contribution is -2.57. The molecule has 1 heterocycles. The highest BCUT2D eigenvalue weighted by molar-refractivity contribution is 7.99. The number of carbonyl (C=O) groups excluding carboxylic acids is 1. The third-order valence-electron chi connectivity index (χ3n) is 4.19. The van der Waals surface area contributed by atoms with E-state index in [4.69, 9.17) is 0 Å². The molecule has 1 amide bonds. The molecule has 148 valence electrons. The standard InChI is InChI=1S/C19H16F4N2O2S/c20-15-8-6-14(7-9-15)16-10-18(27,19(21,22)23)25(24-16)17(26)12-28-11-13-4-2-1-3-5-13/h1-9,27H,10-12H2/t18-/m1/s1. The van der Waals surface area contributed by atoms with Gasteiger partial charge in [0, 0.05) is 5.75 Å². The highest BCUT2D eigenvalue weighted by Crippen LogP contribution is 2.41. The fraction of sp³-hybridized carbons (Fsp3) is 0.263. The van der Waals surface area contributed by atoms with Crippen molar-refractivity contribution in [2.24, 2.45) is 5.10 Å². The minimum absolute atomic E-state index is 0.101. The van der Waals surface area contributed by atoms with Crippen molar-refractivity contribution in [2.45, 2.75) is 24.1 Å². The molecule has 2 aromatic carbocycles. The Hall–Kier alpha value is -2.39. The number of thioether (sulfide) groups is 1. The van der Waals surface area contributed by atoms with E-state index < -0.39 is 30.0 Å². The Bertz CT molecular complexity index is 872. The Morgan fingerprint density at radius 2 is 1.79 bits per heavy atom. The Balaban J connectivity index is 1.77. The van der Waals surface area contributed by atoms with E-state index in [0.717, 1.165) is 29.5 Å². The maximum absolute atomic E-state index is 13.5. The lowest BCUT2D eigenvalue weighted by Gasteiger charge is -2.32. The van der Waals surface area contributed by atoms with E-state index in [2.05, 4.69) is 5.10 Å². The van der Waals surface area contributed by atoms with Gasteiger partial charge in [-0.1, -0.05) is 42.5 Å². The van der Waals surface area contributed by atoms with E-state index in [9.17, 15) is 27.5 Å². The number of halogens is 4. The van der Waals surface area contributed by atoms with Crippen LogP contribution in [0.2, 0.25) is 0 Å². The molecule has 0 aromatic heterocycles. The second-order valence-corrected chi connectivity index (χ2v) is 7.21. The highest BCUT2D eigenvalue weighted by atomic mass is 32.2. The summed E-state index contributed by atoms with van der Waals surface area (Å²) < 4.78 is 53.6. The van der Waals surface area contributed by atoms with Crippen molar-refractivity contribution >= 4 is 23.4 Å². The Kier molecular flexibility index (Phi) is 5.76. The van der Waals surface area contributed by atoms with Gasteiger partial charge >= 0.3 is 6.18 Å². The maximum Gasteiger partial charge on any atom is 0.438 e. The predicted molar refractivity (Wildman–Crippen MR) is 98.0 cm³/mol. The maximum atomic E-state index is 13.5. The largest absolute Gasteiger partial charge is 0.438 e. The third-order valence-corrected chi connectivity index (χ3v) is 5.18. The summed E-state index contributed by atoms with van der Waals surface area (Å²) in [4.78, 5) is 12.4. The summed E-state index contributed by atoms with van der Waals surface area (Å²) in [6.45, 7) is 0. The van der Waals surface area contributed by atoms with Crippen LogP contribution in [0.5, 0.6) is 0 Å². The van der Waals surface area contributed by atoms with Gasteiger partial charge in [0.15, 0.2) is 0 Å². The van der Waals surface area contributed by atoms with Crippen LogP contribution in [0.25, 0.3) is 0 Å². The SMILES string of the molecule is O=C(CSCc1ccccc1)N1N=C(c2ccc(F)cc2)C[C@@]1(O)C(F)(F)F. The van der Waals surface area contributed by atoms with Crippen LogP contribution in [0.15, 0.2) is 59.7 Å². The second kappa shape index (κ2) is 7.92. The van der Waals surface area contributed by atoms with E-state index in [-0.39, 0.29) is 22.0 Å². The fourth-order valence-electron chi connectivity index (χ4n) is 2.72. The van der Waals surface area contributed by atoms with Gasteiger partial charge in [0.25, 0.3) is 11.6 Å². The first-order valence-electron chi connectivity index (χ1n) is 8.28. The molecular formula is C19H16F4N2O2S. The fourth-order valence-corrected chi connectivity index (χ4v) is 3.55. The van der Waals surface area contributed by atoms with Gasteiger partial charge in [-0.15, -0.1) is 11.8 Å². The van der Waals surface area contributed by atoms with Crippen LogP contribution in [0.3, 0.4) is 0 Å². The van der Waals surface area contributed by atoms with Crippen molar-refractivity contribution in [3.05, 3.63) is 71.5 Å². The van der Waals surface area contributed by atoms with E-state index in [1.54, 1.807) is 0 Å². The number of aliphatic hydroxyl groups is 1. The van der Waals surface area contributed by atoms with E-state index in [0.29, 0.717) is 5.75 Å². The van der Waals surface area contributed by atoms with Crippen LogP contribution in [-0.2, 0) is 10.5 Å². The predicted octanol–water partition coefficient (Wildman–Crippen LogP) is 3.95. The first-order chi connectivity index (χ1) is 13.2. The van der Waals surface area contributed by atoms with Gasteiger partial charge in [-0.2, -0.15) is 23.3 Å². The molecule has 0 radical (unpaired) electrons. The molecule has 2 aromatic rings. The zero-order valence-corrected chi connectivity index (χ0v) is 15.3. The summed E-state index contributed by atoms with van der Waals surface area (Å²) in [6, 6.07) is 13.8. The van der Waals surface area contributed by atoms with Crippen molar-refractivity contribution in [2.75, 3.05) is 5.75 Å². The summed E-state index contributed by atoms with van der Waals surface area (Å²) in [6.07, 6.45) is -6.02. The number of rotatable bonds is 5. The smallest absolute Gasteiger partial charge is 0.362 e. The van der Waals surface area contributed by atoms with Gasteiger partial charge in [0.1, 0.15) is 5.82 Å². The van der Waals surface area contributed by atoms with E-state index in [1.807, 2.05) is 30.3 Å². The normalized spacial score (nSPS) is 19.6. The molecule has 3 rings (SSSR count). The quantitative estimate of drug-likeness (QED) is 0.757. The van der Waals surface area contributed by atoms with Gasteiger partial charge in [-0.05, 0) is 23.3 Å². The van der Waals surface area contributed by atoms with Gasteiger partial charge in [0.2, 0.25) is 0 Å². The average molecular weight is 412 g/mol. The average Bonchev–Trinajstić information content (AvgIpc) is 3.02. The van der Waals surface area contributed by atoms with Gasteiger partial charge in [-0.25, -0.2) is 4.39 Å². The first-order valence-corrected chi connectivity index (χ1v) is 9.43. The number of hydrazone groups is 1. The molecule has 0 saturated heterocycles. The number of carbonyl (C=O) groups is 1. The third kappa shape index (κ3) is 4.20. The second-order valence-electron chi connectivity index (χ2n) is 6.23. The topological polar surface area (TPSA) is 52.9 Å². The number of hydrogen-bond acceptors (Lipinski definition) is 4.